The third kappa shape index (κ3) is 2.31. The standard InChI is InChI=1S/C16H18ClN5/c1-9-6-14(21(4)5)18-8-12(9)15-11(3)20-22-13(17)7-10(2)19-16(15)22/h6-8H,1-5H3. The van der Waals surface area contributed by atoms with Crippen molar-refractivity contribution in [2.45, 2.75) is 20.8 Å². The first kappa shape index (κ1) is 14.8. The van der Waals surface area contributed by atoms with Gasteiger partial charge >= 0.3 is 0 Å². The second-order valence-electron chi connectivity index (χ2n) is 5.67. The van der Waals surface area contributed by atoms with Crippen molar-refractivity contribution in [2.75, 3.05) is 19.0 Å². The molecule has 0 aliphatic rings. The molecule has 0 amide bonds. The van der Waals surface area contributed by atoms with E-state index in [1.54, 1.807) is 4.52 Å². The van der Waals surface area contributed by atoms with E-state index in [0.29, 0.717) is 5.15 Å². The van der Waals surface area contributed by atoms with E-state index in [1.165, 1.54) is 0 Å². The Morgan fingerprint density at radius 3 is 2.50 bits per heavy atom. The SMILES string of the molecule is Cc1cc(Cl)n2nc(C)c(-c3cnc(N(C)C)cc3C)c2n1. The number of aryl methyl sites for hydroxylation is 3. The molecule has 3 aromatic heterocycles. The van der Waals surface area contributed by atoms with Gasteiger partial charge in [0.25, 0.3) is 0 Å². The van der Waals surface area contributed by atoms with E-state index in [-0.39, 0.29) is 0 Å². The minimum atomic E-state index is 0.562. The Kier molecular flexibility index (Phi) is 3.53. The third-order valence-corrected chi connectivity index (χ3v) is 3.94. The Morgan fingerprint density at radius 1 is 1.14 bits per heavy atom. The van der Waals surface area contributed by atoms with Gasteiger partial charge in [-0.05, 0) is 38.5 Å². The topological polar surface area (TPSA) is 46.3 Å². The van der Waals surface area contributed by atoms with E-state index >= 15 is 0 Å². The maximum atomic E-state index is 6.28. The summed E-state index contributed by atoms with van der Waals surface area (Å²) in [6.07, 6.45) is 1.88. The molecule has 3 heterocycles. The number of hydrogen-bond acceptors (Lipinski definition) is 4. The molecule has 0 N–H and O–H groups in total. The van der Waals surface area contributed by atoms with Crippen LogP contribution in [0.3, 0.4) is 0 Å². The summed E-state index contributed by atoms with van der Waals surface area (Å²) in [5, 5.41) is 5.08. The second kappa shape index (κ2) is 5.25. The molecule has 0 spiro atoms. The Morgan fingerprint density at radius 2 is 1.86 bits per heavy atom. The number of rotatable bonds is 2. The highest BCUT2D eigenvalue weighted by molar-refractivity contribution is 6.29. The van der Waals surface area contributed by atoms with Gasteiger partial charge in [0.15, 0.2) is 5.65 Å². The van der Waals surface area contributed by atoms with Crippen molar-refractivity contribution >= 4 is 23.1 Å². The van der Waals surface area contributed by atoms with Crippen molar-refractivity contribution < 1.29 is 0 Å². The first-order valence-corrected chi connectivity index (χ1v) is 7.43. The van der Waals surface area contributed by atoms with Crippen LogP contribution in [0.1, 0.15) is 17.0 Å². The molecule has 3 aromatic rings. The van der Waals surface area contributed by atoms with Gasteiger partial charge in [0.1, 0.15) is 11.0 Å². The van der Waals surface area contributed by atoms with Crippen LogP contribution in [0.25, 0.3) is 16.8 Å². The maximum Gasteiger partial charge on any atom is 0.165 e. The normalized spacial score (nSPS) is 11.2. The van der Waals surface area contributed by atoms with Crippen LogP contribution in [0.2, 0.25) is 5.15 Å². The molecule has 0 fully saturated rings. The predicted octanol–water partition coefficient (Wildman–Crippen LogP) is 3.44. The van der Waals surface area contributed by atoms with Gasteiger partial charge in [0.2, 0.25) is 0 Å². The van der Waals surface area contributed by atoms with Crippen LogP contribution in [-0.2, 0) is 0 Å². The molecule has 0 bridgehead atoms. The van der Waals surface area contributed by atoms with Crippen LogP contribution < -0.4 is 4.90 Å². The van der Waals surface area contributed by atoms with Crippen LogP contribution in [-0.4, -0.2) is 33.7 Å². The molecule has 114 valence electrons. The Bertz CT molecular complexity index is 867. The first-order valence-electron chi connectivity index (χ1n) is 7.05. The number of hydrogen-bond donors (Lipinski definition) is 0. The highest BCUT2D eigenvalue weighted by Gasteiger charge is 2.17. The van der Waals surface area contributed by atoms with E-state index < -0.39 is 0 Å². The molecule has 0 saturated heterocycles. The minimum absolute atomic E-state index is 0.562. The van der Waals surface area contributed by atoms with Crippen LogP contribution in [0.4, 0.5) is 5.82 Å². The minimum Gasteiger partial charge on any atom is -0.363 e. The number of halogens is 1. The average Bonchev–Trinajstić information content (AvgIpc) is 2.75. The van der Waals surface area contributed by atoms with E-state index in [4.69, 9.17) is 11.6 Å². The molecule has 0 atom stereocenters. The molecule has 0 aliphatic heterocycles. The summed E-state index contributed by atoms with van der Waals surface area (Å²) in [6, 6.07) is 3.88. The quantitative estimate of drug-likeness (QED) is 0.680. The van der Waals surface area contributed by atoms with E-state index in [9.17, 15) is 0 Å². The van der Waals surface area contributed by atoms with Gasteiger partial charge in [-0.25, -0.2) is 14.5 Å². The van der Waals surface area contributed by atoms with Crippen LogP contribution in [0.15, 0.2) is 18.3 Å². The van der Waals surface area contributed by atoms with Gasteiger partial charge < -0.3 is 4.90 Å². The molecule has 22 heavy (non-hydrogen) atoms. The molecule has 0 radical (unpaired) electrons. The Hall–Kier alpha value is -2.14. The summed E-state index contributed by atoms with van der Waals surface area (Å²) < 4.78 is 1.68. The molecule has 5 nitrogen and oxygen atoms in total. The number of anilines is 1. The van der Waals surface area contributed by atoms with E-state index in [0.717, 1.165) is 39.5 Å². The van der Waals surface area contributed by atoms with Gasteiger partial charge in [-0.3, -0.25) is 0 Å². The number of pyridine rings is 1. The molecule has 0 aliphatic carbocycles. The molecule has 6 heteroatoms. The largest absolute Gasteiger partial charge is 0.363 e. The predicted molar refractivity (Wildman–Crippen MR) is 89.8 cm³/mol. The maximum absolute atomic E-state index is 6.28. The molecular formula is C16H18ClN5. The highest BCUT2D eigenvalue weighted by atomic mass is 35.5. The summed E-state index contributed by atoms with van der Waals surface area (Å²) in [4.78, 5) is 11.1. The monoisotopic (exact) mass is 315 g/mol. The number of aromatic nitrogens is 4. The van der Waals surface area contributed by atoms with Crippen molar-refractivity contribution in [1.29, 1.82) is 0 Å². The highest BCUT2D eigenvalue weighted by Crippen LogP contribution is 2.32. The molecule has 0 saturated carbocycles. The van der Waals surface area contributed by atoms with E-state index in [1.807, 2.05) is 45.1 Å². The van der Waals surface area contributed by atoms with Crippen molar-refractivity contribution in [3.8, 4) is 11.1 Å². The molecule has 0 unspecified atom stereocenters. The van der Waals surface area contributed by atoms with Crippen LogP contribution in [0.5, 0.6) is 0 Å². The Labute approximate surface area is 134 Å². The van der Waals surface area contributed by atoms with E-state index in [2.05, 4.69) is 28.1 Å². The van der Waals surface area contributed by atoms with Crippen LogP contribution in [0, 0.1) is 20.8 Å². The molecular weight excluding hydrogens is 298 g/mol. The number of nitrogens with zero attached hydrogens (tertiary/aromatic N) is 5. The van der Waals surface area contributed by atoms with Gasteiger partial charge in [0, 0.05) is 31.5 Å². The summed E-state index contributed by atoms with van der Waals surface area (Å²) in [6.45, 7) is 5.97. The average molecular weight is 316 g/mol. The lowest BCUT2D eigenvalue weighted by Gasteiger charge is -2.13. The van der Waals surface area contributed by atoms with Gasteiger partial charge in [-0.15, -0.1) is 0 Å². The lowest BCUT2D eigenvalue weighted by Crippen LogP contribution is -2.10. The van der Waals surface area contributed by atoms with Crippen molar-refractivity contribution in [3.05, 3.63) is 40.4 Å². The van der Waals surface area contributed by atoms with Crippen molar-refractivity contribution in [1.82, 2.24) is 19.6 Å². The summed E-state index contributed by atoms with van der Waals surface area (Å²) in [5.41, 5.74) is 5.69. The lowest BCUT2D eigenvalue weighted by molar-refractivity contribution is 0.910. The fourth-order valence-electron chi connectivity index (χ4n) is 2.56. The summed E-state index contributed by atoms with van der Waals surface area (Å²) >= 11 is 6.28. The van der Waals surface area contributed by atoms with Gasteiger partial charge in [-0.1, -0.05) is 11.6 Å². The third-order valence-electron chi connectivity index (χ3n) is 3.67. The number of fused-ring (bicyclic) bond motifs is 1. The zero-order valence-corrected chi connectivity index (χ0v) is 14.1. The zero-order chi connectivity index (χ0) is 16.0. The van der Waals surface area contributed by atoms with Crippen LogP contribution >= 0.6 is 11.6 Å². The zero-order valence-electron chi connectivity index (χ0n) is 13.3. The van der Waals surface area contributed by atoms with Crippen molar-refractivity contribution in [2.24, 2.45) is 0 Å². The summed E-state index contributed by atoms with van der Waals surface area (Å²) in [7, 11) is 3.96. The van der Waals surface area contributed by atoms with Gasteiger partial charge in [0.05, 0.1) is 11.3 Å². The molecule has 3 rings (SSSR count). The Balaban J connectivity index is 2.29. The fraction of sp³-hybridized carbons (Fsp3) is 0.312. The summed E-state index contributed by atoms with van der Waals surface area (Å²) in [5.74, 6) is 0.928. The lowest BCUT2D eigenvalue weighted by atomic mass is 10.0. The molecule has 0 aromatic carbocycles. The fourth-order valence-corrected chi connectivity index (χ4v) is 2.84. The van der Waals surface area contributed by atoms with Crippen molar-refractivity contribution in [3.63, 3.8) is 0 Å². The first-order chi connectivity index (χ1) is 10.4. The van der Waals surface area contributed by atoms with Gasteiger partial charge in [-0.2, -0.15) is 5.10 Å². The smallest absolute Gasteiger partial charge is 0.165 e. The second-order valence-corrected chi connectivity index (χ2v) is 6.06.